The molecule has 2 aromatic rings. The molecule has 1 aromatic heterocycles. The van der Waals surface area contributed by atoms with Crippen LogP contribution in [0.15, 0.2) is 28.7 Å². The molecule has 1 amide bonds. The minimum atomic E-state index is -2.96. The summed E-state index contributed by atoms with van der Waals surface area (Å²) in [5.74, 6) is 0.256. The van der Waals surface area contributed by atoms with Gasteiger partial charge in [-0.2, -0.15) is 0 Å². The molecule has 160 valence electrons. The van der Waals surface area contributed by atoms with Crippen LogP contribution in [0.25, 0.3) is 11.0 Å². The minimum Gasteiger partial charge on any atom is -0.451 e. The summed E-state index contributed by atoms with van der Waals surface area (Å²) in [6, 6.07) is 7.64. The molecule has 0 aliphatic carbocycles. The van der Waals surface area contributed by atoms with Gasteiger partial charge in [0.05, 0.1) is 18.5 Å². The van der Waals surface area contributed by atoms with Crippen LogP contribution in [-0.4, -0.2) is 63.0 Å². The largest absolute Gasteiger partial charge is 0.451 e. The fraction of sp³-hybridized carbons (Fsp3) is 0.571. The van der Waals surface area contributed by atoms with Crippen molar-refractivity contribution in [2.45, 2.75) is 45.4 Å². The number of furan rings is 1. The molecule has 8 heteroatoms. The summed E-state index contributed by atoms with van der Waals surface area (Å²) < 4.78 is 34.3. The number of hydrogen-bond donors (Lipinski definition) is 1. The number of nitrogens with one attached hydrogen (secondary N) is 1. The first-order valence-corrected chi connectivity index (χ1v) is 12.1. The third kappa shape index (κ3) is 6.04. The second kappa shape index (κ2) is 9.28. The van der Waals surface area contributed by atoms with Gasteiger partial charge in [0.2, 0.25) is 0 Å². The van der Waals surface area contributed by atoms with E-state index in [-0.39, 0.29) is 23.8 Å². The van der Waals surface area contributed by atoms with E-state index in [1.54, 1.807) is 0 Å². The average Bonchev–Trinajstić information content (AvgIpc) is 3.04. The summed E-state index contributed by atoms with van der Waals surface area (Å²) >= 11 is 0. The highest BCUT2D eigenvalue weighted by molar-refractivity contribution is 7.90. The quantitative estimate of drug-likeness (QED) is 0.703. The maximum Gasteiger partial charge on any atom is 0.287 e. The molecule has 1 aliphatic rings. The number of piperidine rings is 1. The van der Waals surface area contributed by atoms with E-state index in [2.05, 4.69) is 10.2 Å². The van der Waals surface area contributed by atoms with E-state index in [4.69, 9.17) is 9.15 Å². The van der Waals surface area contributed by atoms with Crippen molar-refractivity contribution in [2.24, 2.45) is 0 Å². The molecule has 0 radical (unpaired) electrons. The summed E-state index contributed by atoms with van der Waals surface area (Å²) in [6.45, 7) is 6.31. The molecule has 1 aromatic carbocycles. The normalized spacial score (nSPS) is 16.6. The van der Waals surface area contributed by atoms with Gasteiger partial charge in [-0.1, -0.05) is 18.2 Å². The number of carbonyl (C=O) groups is 1. The van der Waals surface area contributed by atoms with Gasteiger partial charge in [-0.25, -0.2) is 8.42 Å². The Labute approximate surface area is 172 Å². The summed E-state index contributed by atoms with van der Waals surface area (Å²) in [7, 11) is -2.96. The fourth-order valence-corrected chi connectivity index (χ4v) is 4.11. The van der Waals surface area contributed by atoms with Gasteiger partial charge in [-0.15, -0.1) is 0 Å². The predicted octanol–water partition coefficient (Wildman–Crippen LogP) is 2.60. The molecule has 0 bridgehead atoms. The number of carbonyl (C=O) groups excluding carboxylic acids is 1. The second-order valence-electron chi connectivity index (χ2n) is 7.98. The Morgan fingerprint density at radius 2 is 1.97 bits per heavy atom. The standard InChI is InChI=1S/C21H30N2O5S/c1-15(2)27-14-18-17-6-4-5-7-19(17)28-20(18)21(24)22-16-8-10-23(11-9-16)12-13-29(3,25)26/h4-7,15-16H,8-14H2,1-3H3,(H,22,24). The van der Waals surface area contributed by atoms with Crippen molar-refractivity contribution >= 4 is 26.7 Å². The third-order valence-corrected chi connectivity index (χ3v) is 6.09. The number of fused-ring (bicyclic) bond motifs is 1. The number of sulfone groups is 1. The first-order chi connectivity index (χ1) is 13.7. The zero-order valence-corrected chi connectivity index (χ0v) is 18.1. The molecule has 3 rings (SSSR count). The monoisotopic (exact) mass is 422 g/mol. The molecule has 0 unspecified atom stereocenters. The summed E-state index contributed by atoms with van der Waals surface area (Å²) in [4.78, 5) is 15.1. The minimum absolute atomic E-state index is 0.0454. The summed E-state index contributed by atoms with van der Waals surface area (Å²) in [6.07, 6.45) is 2.88. The Balaban J connectivity index is 1.64. The van der Waals surface area contributed by atoms with E-state index < -0.39 is 9.84 Å². The summed E-state index contributed by atoms with van der Waals surface area (Å²) in [5, 5.41) is 3.98. The molecule has 1 N–H and O–H groups in total. The number of hydrogen-bond acceptors (Lipinski definition) is 6. The van der Waals surface area contributed by atoms with Crippen LogP contribution < -0.4 is 5.32 Å². The molecule has 2 heterocycles. The molecule has 1 aliphatic heterocycles. The predicted molar refractivity (Wildman–Crippen MR) is 113 cm³/mol. The maximum absolute atomic E-state index is 12.9. The van der Waals surface area contributed by atoms with Crippen LogP contribution in [0.5, 0.6) is 0 Å². The van der Waals surface area contributed by atoms with E-state index in [0.29, 0.717) is 24.5 Å². The second-order valence-corrected chi connectivity index (χ2v) is 10.2. The van der Waals surface area contributed by atoms with Gasteiger partial charge < -0.3 is 19.4 Å². The number of ether oxygens (including phenoxy) is 1. The van der Waals surface area contributed by atoms with Crippen LogP contribution in [-0.2, 0) is 21.2 Å². The Morgan fingerprint density at radius 3 is 2.62 bits per heavy atom. The van der Waals surface area contributed by atoms with Crippen LogP contribution in [0.3, 0.4) is 0 Å². The van der Waals surface area contributed by atoms with Crippen molar-refractivity contribution in [2.75, 3.05) is 31.6 Å². The fourth-order valence-electron chi connectivity index (χ4n) is 3.52. The van der Waals surface area contributed by atoms with E-state index in [9.17, 15) is 13.2 Å². The van der Waals surface area contributed by atoms with Crippen LogP contribution in [0, 0.1) is 0 Å². The van der Waals surface area contributed by atoms with Gasteiger partial charge >= 0.3 is 0 Å². The molecule has 0 saturated carbocycles. The first kappa shape index (κ1) is 21.8. The van der Waals surface area contributed by atoms with Crippen molar-refractivity contribution in [1.29, 1.82) is 0 Å². The van der Waals surface area contributed by atoms with Gasteiger partial charge in [0.1, 0.15) is 15.4 Å². The highest BCUT2D eigenvalue weighted by atomic mass is 32.2. The highest BCUT2D eigenvalue weighted by Crippen LogP contribution is 2.27. The lowest BCUT2D eigenvalue weighted by Gasteiger charge is -2.32. The zero-order chi connectivity index (χ0) is 21.0. The van der Waals surface area contributed by atoms with Crippen LogP contribution >= 0.6 is 0 Å². The molecule has 0 atom stereocenters. The molecule has 1 fully saturated rings. The van der Waals surface area contributed by atoms with Crippen molar-refractivity contribution in [3.05, 3.63) is 35.6 Å². The van der Waals surface area contributed by atoms with Crippen LogP contribution in [0.2, 0.25) is 0 Å². The number of para-hydroxylation sites is 1. The Hall–Kier alpha value is -1.90. The number of rotatable bonds is 8. The van der Waals surface area contributed by atoms with E-state index in [0.717, 1.165) is 36.9 Å². The molecule has 7 nitrogen and oxygen atoms in total. The van der Waals surface area contributed by atoms with E-state index in [1.807, 2.05) is 38.1 Å². The molecule has 29 heavy (non-hydrogen) atoms. The van der Waals surface area contributed by atoms with Gasteiger partial charge in [0, 0.05) is 42.9 Å². The van der Waals surface area contributed by atoms with Crippen molar-refractivity contribution in [3.63, 3.8) is 0 Å². The molecular formula is C21H30N2O5S. The van der Waals surface area contributed by atoms with Crippen molar-refractivity contribution in [1.82, 2.24) is 10.2 Å². The van der Waals surface area contributed by atoms with Gasteiger partial charge in [0.25, 0.3) is 5.91 Å². The Morgan fingerprint density at radius 1 is 1.28 bits per heavy atom. The number of benzene rings is 1. The first-order valence-electron chi connectivity index (χ1n) is 10.1. The topological polar surface area (TPSA) is 88.9 Å². The molecule has 1 saturated heterocycles. The SMILES string of the molecule is CC(C)OCc1c(C(=O)NC2CCN(CCS(C)(=O)=O)CC2)oc2ccccc12. The lowest BCUT2D eigenvalue weighted by Crippen LogP contribution is -2.45. The Bertz CT molecular complexity index is 943. The number of amides is 1. The van der Waals surface area contributed by atoms with Crippen molar-refractivity contribution in [3.8, 4) is 0 Å². The van der Waals surface area contributed by atoms with Crippen LogP contribution in [0.1, 0.15) is 42.8 Å². The number of likely N-dealkylation sites (tertiary alicyclic amines) is 1. The van der Waals surface area contributed by atoms with E-state index in [1.165, 1.54) is 6.26 Å². The van der Waals surface area contributed by atoms with Gasteiger partial charge in [0.15, 0.2) is 5.76 Å². The van der Waals surface area contributed by atoms with Crippen LogP contribution in [0.4, 0.5) is 0 Å². The lowest BCUT2D eigenvalue weighted by atomic mass is 10.0. The molecular weight excluding hydrogens is 392 g/mol. The third-order valence-electron chi connectivity index (χ3n) is 5.17. The summed E-state index contributed by atoms with van der Waals surface area (Å²) in [5.41, 5.74) is 1.45. The molecule has 0 spiro atoms. The smallest absolute Gasteiger partial charge is 0.287 e. The zero-order valence-electron chi connectivity index (χ0n) is 17.3. The maximum atomic E-state index is 12.9. The van der Waals surface area contributed by atoms with Gasteiger partial charge in [-0.3, -0.25) is 4.79 Å². The average molecular weight is 423 g/mol. The Kier molecular flexibility index (Phi) is 6.97. The van der Waals surface area contributed by atoms with Gasteiger partial charge in [-0.05, 0) is 32.8 Å². The highest BCUT2D eigenvalue weighted by Gasteiger charge is 2.26. The van der Waals surface area contributed by atoms with Crippen molar-refractivity contribution < 1.29 is 22.4 Å². The number of nitrogens with zero attached hydrogens (tertiary/aromatic N) is 1. The lowest BCUT2D eigenvalue weighted by molar-refractivity contribution is 0.0640. The van der Waals surface area contributed by atoms with E-state index >= 15 is 0 Å².